The molecular formula is C19H25N9O2. The van der Waals surface area contributed by atoms with Gasteiger partial charge in [0.25, 0.3) is 5.91 Å². The minimum Gasteiger partial charge on any atom is -0.354 e. The molecule has 11 heteroatoms. The molecule has 2 amide bonds. The fraction of sp³-hybridized carbons (Fsp3) is 0.368. The SMILES string of the molecule is CNC(=O)C1=CN(CCCCc2ccc(NC(=O)Cc3cnccn3)nn2)NN1C. The summed E-state index contributed by atoms with van der Waals surface area (Å²) in [7, 11) is 3.40. The first-order chi connectivity index (χ1) is 14.5. The molecule has 0 atom stereocenters. The van der Waals surface area contributed by atoms with Crippen LogP contribution in [0.4, 0.5) is 5.82 Å². The van der Waals surface area contributed by atoms with Crippen LogP contribution in [-0.2, 0) is 22.4 Å². The summed E-state index contributed by atoms with van der Waals surface area (Å²) in [6.07, 6.45) is 9.19. The molecule has 0 aliphatic carbocycles. The Balaban J connectivity index is 1.38. The molecule has 2 aromatic rings. The number of aryl methyl sites for hydroxylation is 1. The monoisotopic (exact) mass is 411 g/mol. The van der Waals surface area contributed by atoms with Gasteiger partial charge >= 0.3 is 0 Å². The third kappa shape index (κ3) is 5.95. The van der Waals surface area contributed by atoms with Crippen LogP contribution in [0.15, 0.2) is 42.6 Å². The molecule has 0 aromatic carbocycles. The second kappa shape index (κ2) is 10.3. The molecule has 0 spiro atoms. The maximum atomic E-state index is 12.0. The van der Waals surface area contributed by atoms with Gasteiger partial charge in [-0.25, -0.2) is 0 Å². The number of unbranched alkanes of at least 4 members (excludes halogenated alkanes) is 1. The van der Waals surface area contributed by atoms with Crippen molar-refractivity contribution in [3.05, 3.63) is 54.0 Å². The van der Waals surface area contributed by atoms with E-state index in [9.17, 15) is 9.59 Å². The van der Waals surface area contributed by atoms with Crippen molar-refractivity contribution in [2.45, 2.75) is 25.7 Å². The molecule has 1 aliphatic rings. The zero-order valence-corrected chi connectivity index (χ0v) is 17.0. The van der Waals surface area contributed by atoms with Gasteiger partial charge in [-0.05, 0) is 31.4 Å². The Hall–Kier alpha value is -3.60. The molecule has 3 N–H and O–H groups in total. The highest BCUT2D eigenvalue weighted by Crippen LogP contribution is 2.11. The van der Waals surface area contributed by atoms with Gasteiger partial charge in [0.15, 0.2) is 5.82 Å². The molecule has 2 aromatic heterocycles. The highest BCUT2D eigenvalue weighted by atomic mass is 16.2. The highest BCUT2D eigenvalue weighted by molar-refractivity contribution is 5.92. The third-order valence-corrected chi connectivity index (χ3v) is 4.41. The number of nitrogens with zero attached hydrogens (tertiary/aromatic N) is 6. The summed E-state index contributed by atoms with van der Waals surface area (Å²) < 4.78 is 0. The Morgan fingerprint density at radius 1 is 1.13 bits per heavy atom. The van der Waals surface area contributed by atoms with Crippen LogP contribution in [0.1, 0.15) is 24.2 Å². The van der Waals surface area contributed by atoms with Gasteiger partial charge in [0, 0.05) is 45.4 Å². The maximum absolute atomic E-state index is 12.0. The molecule has 0 bridgehead atoms. The Morgan fingerprint density at radius 3 is 2.70 bits per heavy atom. The van der Waals surface area contributed by atoms with Crippen LogP contribution in [0.25, 0.3) is 0 Å². The molecule has 3 rings (SSSR count). The van der Waals surface area contributed by atoms with Crippen LogP contribution in [-0.4, -0.2) is 62.6 Å². The number of amides is 2. The second-order valence-electron chi connectivity index (χ2n) is 6.73. The van der Waals surface area contributed by atoms with Crippen LogP contribution < -0.4 is 16.2 Å². The zero-order valence-electron chi connectivity index (χ0n) is 17.0. The molecule has 0 fully saturated rings. The molecular weight excluding hydrogens is 386 g/mol. The van der Waals surface area contributed by atoms with E-state index in [1.165, 1.54) is 0 Å². The highest BCUT2D eigenvalue weighted by Gasteiger charge is 2.21. The fourth-order valence-corrected chi connectivity index (χ4v) is 2.88. The van der Waals surface area contributed by atoms with Crippen LogP contribution in [0, 0.1) is 0 Å². The zero-order chi connectivity index (χ0) is 21.3. The summed E-state index contributed by atoms with van der Waals surface area (Å²) in [6.45, 7) is 0.759. The van der Waals surface area contributed by atoms with Gasteiger partial charge in [-0.2, -0.15) is 5.10 Å². The largest absolute Gasteiger partial charge is 0.354 e. The lowest BCUT2D eigenvalue weighted by Gasteiger charge is -2.20. The van der Waals surface area contributed by atoms with E-state index >= 15 is 0 Å². The van der Waals surface area contributed by atoms with Gasteiger partial charge in [0.05, 0.1) is 17.8 Å². The summed E-state index contributed by atoms with van der Waals surface area (Å²) >= 11 is 0. The molecule has 1 aliphatic heterocycles. The lowest BCUT2D eigenvalue weighted by Crippen LogP contribution is -2.40. The van der Waals surface area contributed by atoms with E-state index in [2.05, 4.69) is 36.3 Å². The average Bonchev–Trinajstić information content (AvgIpc) is 3.13. The van der Waals surface area contributed by atoms with Crippen molar-refractivity contribution < 1.29 is 9.59 Å². The number of nitrogens with one attached hydrogen (secondary N) is 3. The summed E-state index contributed by atoms with van der Waals surface area (Å²) in [5.41, 5.74) is 5.12. The minimum absolute atomic E-state index is 0.132. The van der Waals surface area contributed by atoms with Gasteiger partial charge in [0.1, 0.15) is 5.70 Å². The molecule has 3 heterocycles. The number of aromatic nitrogens is 4. The predicted octanol–water partition coefficient (Wildman–Crippen LogP) is 0.0249. The number of anilines is 1. The van der Waals surface area contributed by atoms with E-state index in [0.717, 1.165) is 31.5 Å². The van der Waals surface area contributed by atoms with Crippen LogP contribution >= 0.6 is 0 Å². The van der Waals surface area contributed by atoms with Gasteiger partial charge in [-0.1, -0.05) is 0 Å². The first-order valence-corrected chi connectivity index (χ1v) is 9.63. The van der Waals surface area contributed by atoms with Crippen molar-refractivity contribution >= 4 is 17.6 Å². The number of hydrogen-bond donors (Lipinski definition) is 3. The molecule has 0 unspecified atom stereocenters. The Bertz CT molecular complexity index is 887. The maximum Gasteiger partial charge on any atom is 0.270 e. The number of hydrogen-bond acceptors (Lipinski definition) is 9. The lowest BCUT2D eigenvalue weighted by molar-refractivity contribution is -0.118. The van der Waals surface area contributed by atoms with E-state index in [4.69, 9.17) is 0 Å². The summed E-state index contributed by atoms with van der Waals surface area (Å²) in [5, 5.41) is 17.1. The van der Waals surface area contributed by atoms with E-state index in [1.54, 1.807) is 50.0 Å². The molecule has 158 valence electrons. The van der Waals surface area contributed by atoms with E-state index < -0.39 is 0 Å². The van der Waals surface area contributed by atoms with Gasteiger partial charge in [-0.3, -0.25) is 29.6 Å². The average molecular weight is 411 g/mol. The number of hydrazine groups is 2. The predicted molar refractivity (Wildman–Crippen MR) is 109 cm³/mol. The first-order valence-electron chi connectivity index (χ1n) is 9.63. The van der Waals surface area contributed by atoms with Crippen LogP contribution in [0.5, 0.6) is 0 Å². The standard InChI is InChI=1S/C19H25N9O2/c1-20-19(30)16-13-28(26-27(16)2)10-4-3-5-14-6-7-17(25-24-14)23-18(29)11-15-12-21-8-9-22-15/h6-9,12-13,26H,3-5,10-11H2,1-2H3,(H,20,30)(H,23,25,29). The molecule has 0 saturated carbocycles. The lowest BCUT2D eigenvalue weighted by atomic mass is 10.2. The molecule has 0 radical (unpaired) electrons. The Morgan fingerprint density at radius 2 is 2.00 bits per heavy atom. The topological polar surface area (TPSA) is 128 Å². The summed E-state index contributed by atoms with van der Waals surface area (Å²) in [6, 6.07) is 3.60. The normalized spacial score (nSPS) is 13.2. The van der Waals surface area contributed by atoms with Crippen molar-refractivity contribution in [2.24, 2.45) is 0 Å². The van der Waals surface area contributed by atoms with Crippen LogP contribution in [0.2, 0.25) is 0 Å². The summed E-state index contributed by atoms with van der Waals surface area (Å²) in [4.78, 5) is 31.8. The van der Waals surface area contributed by atoms with Gasteiger partial charge in [-0.15, -0.1) is 10.6 Å². The van der Waals surface area contributed by atoms with E-state index in [0.29, 0.717) is 17.2 Å². The quantitative estimate of drug-likeness (QED) is 0.489. The number of carbonyl (C=O) groups excluding carboxylic acids is 2. The van der Waals surface area contributed by atoms with E-state index in [-0.39, 0.29) is 18.2 Å². The van der Waals surface area contributed by atoms with Crippen LogP contribution in [0.3, 0.4) is 0 Å². The van der Waals surface area contributed by atoms with Gasteiger partial charge < -0.3 is 10.6 Å². The number of rotatable bonds is 9. The second-order valence-corrected chi connectivity index (χ2v) is 6.73. The summed E-state index contributed by atoms with van der Waals surface area (Å²) in [5.74, 6) is 0.0558. The van der Waals surface area contributed by atoms with Gasteiger partial charge in [0.2, 0.25) is 5.91 Å². The molecule has 0 saturated heterocycles. The van der Waals surface area contributed by atoms with Crippen molar-refractivity contribution in [2.75, 3.05) is 26.0 Å². The van der Waals surface area contributed by atoms with Crippen molar-refractivity contribution in [3.63, 3.8) is 0 Å². The first kappa shape index (κ1) is 21.1. The Labute approximate surface area is 174 Å². The minimum atomic E-state index is -0.218. The van der Waals surface area contributed by atoms with E-state index in [1.807, 2.05) is 11.1 Å². The molecule has 11 nitrogen and oxygen atoms in total. The Kier molecular flexibility index (Phi) is 7.22. The smallest absolute Gasteiger partial charge is 0.270 e. The molecule has 30 heavy (non-hydrogen) atoms. The van der Waals surface area contributed by atoms with Crippen molar-refractivity contribution in [1.82, 2.24) is 41.0 Å². The van der Waals surface area contributed by atoms with Crippen molar-refractivity contribution in [1.29, 1.82) is 0 Å². The fourth-order valence-electron chi connectivity index (χ4n) is 2.88. The third-order valence-electron chi connectivity index (χ3n) is 4.41. The number of likely N-dealkylation sites (N-methyl/N-ethyl adjacent to an activating group) is 2. The number of carbonyl (C=O) groups is 2. The van der Waals surface area contributed by atoms with Crippen molar-refractivity contribution in [3.8, 4) is 0 Å².